The van der Waals surface area contributed by atoms with E-state index in [9.17, 15) is 9.59 Å². The molecule has 0 fully saturated rings. The Bertz CT molecular complexity index is 734. The molecule has 0 bridgehead atoms. The highest BCUT2D eigenvalue weighted by molar-refractivity contribution is 5.92. The van der Waals surface area contributed by atoms with Gasteiger partial charge < -0.3 is 4.74 Å². The first-order valence-electron chi connectivity index (χ1n) is 19.8. The highest BCUT2D eigenvalue weighted by Gasteiger charge is 2.10. The number of esters is 2. The van der Waals surface area contributed by atoms with Gasteiger partial charge in [0.15, 0.2) is 0 Å². The topological polar surface area (TPSA) is 43.4 Å². The fourth-order valence-corrected chi connectivity index (χ4v) is 6.22. The van der Waals surface area contributed by atoms with Gasteiger partial charge in [0.05, 0.1) is 0 Å². The van der Waals surface area contributed by atoms with Crippen LogP contribution in [0, 0.1) is 17.8 Å². The summed E-state index contributed by atoms with van der Waals surface area (Å²) in [6.45, 7) is 13.6. The van der Waals surface area contributed by atoms with Crippen molar-refractivity contribution in [2.75, 3.05) is 0 Å². The SMILES string of the molecule is CCCCCCCC/C=C\CCCCCCCCCCCC(=O)OC(=O)/C=C(\C)CCC[C@H](C)CCC[C@H](C)CCCC(C)C. The van der Waals surface area contributed by atoms with Crippen LogP contribution in [0.4, 0.5) is 0 Å². The Labute approximate surface area is 282 Å². The molecule has 2 atom stereocenters. The summed E-state index contributed by atoms with van der Waals surface area (Å²) in [6, 6.07) is 0. The zero-order valence-corrected chi connectivity index (χ0v) is 31.3. The minimum atomic E-state index is -0.495. The Balaban J connectivity index is 3.63. The van der Waals surface area contributed by atoms with E-state index in [-0.39, 0.29) is 5.97 Å². The van der Waals surface area contributed by atoms with E-state index in [1.807, 2.05) is 6.92 Å². The van der Waals surface area contributed by atoms with Crippen LogP contribution in [0.5, 0.6) is 0 Å². The molecule has 3 nitrogen and oxygen atoms in total. The summed E-state index contributed by atoms with van der Waals surface area (Å²) in [5.41, 5.74) is 1.01. The molecule has 0 saturated carbocycles. The highest BCUT2D eigenvalue weighted by Crippen LogP contribution is 2.22. The Morgan fingerprint density at radius 1 is 0.533 bits per heavy atom. The first kappa shape index (κ1) is 43.6. The normalized spacial score (nSPS) is 13.5. The second kappa shape index (κ2) is 32.6. The molecule has 0 spiro atoms. The van der Waals surface area contributed by atoms with Crippen molar-refractivity contribution in [1.82, 2.24) is 0 Å². The summed E-state index contributed by atoms with van der Waals surface area (Å²) >= 11 is 0. The van der Waals surface area contributed by atoms with E-state index in [0.29, 0.717) is 6.42 Å². The smallest absolute Gasteiger partial charge is 0.338 e. The van der Waals surface area contributed by atoms with Crippen LogP contribution in [0.25, 0.3) is 0 Å². The predicted molar refractivity (Wildman–Crippen MR) is 197 cm³/mol. The molecule has 0 aliphatic heterocycles. The predicted octanol–water partition coefficient (Wildman–Crippen LogP) is 14.0. The lowest BCUT2D eigenvalue weighted by atomic mass is 9.91. The molecule has 0 N–H and O–H groups in total. The monoisotopic (exact) mass is 631 g/mol. The van der Waals surface area contributed by atoms with Crippen LogP contribution in [0.2, 0.25) is 0 Å². The summed E-state index contributed by atoms with van der Waals surface area (Å²) in [6.07, 6.45) is 39.5. The lowest BCUT2D eigenvalue weighted by Crippen LogP contribution is -2.10. The van der Waals surface area contributed by atoms with Crippen LogP contribution >= 0.6 is 0 Å². The third-order valence-electron chi connectivity index (χ3n) is 9.36. The summed E-state index contributed by atoms with van der Waals surface area (Å²) < 4.78 is 5.04. The van der Waals surface area contributed by atoms with Gasteiger partial charge in [-0.1, -0.05) is 174 Å². The molecule has 0 aromatic carbocycles. The number of carbonyl (C=O) groups is 2. The molecule has 0 aliphatic rings. The van der Waals surface area contributed by atoms with E-state index in [1.165, 1.54) is 141 Å². The van der Waals surface area contributed by atoms with Crippen LogP contribution in [-0.4, -0.2) is 11.9 Å². The number of allylic oxidation sites excluding steroid dienone is 3. The Kier molecular flexibility index (Phi) is 31.6. The van der Waals surface area contributed by atoms with Gasteiger partial charge in [-0.25, -0.2) is 4.79 Å². The molecular weight excluding hydrogens is 552 g/mol. The van der Waals surface area contributed by atoms with Crippen molar-refractivity contribution >= 4 is 11.9 Å². The molecule has 0 radical (unpaired) electrons. The first-order chi connectivity index (χ1) is 21.7. The van der Waals surface area contributed by atoms with E-state index in [2.05, 4.69) is 46.8 Å². The van der Waals surface area contributed by atoms with Gasteiger partial charge in [0.1, 0.15) is 0 Å². The summed E-state index contributed by atoms with van der Waals surface area (Å²) in [7, 11) is 0. The van der Waals surface area contributed by atoms with Gasteiger partial charge >= 0.3 is 11.9 Å². The Morgan fingerprint density at radius 3 is 1.49 bits per heavy atom. The van der Waals surface area contributed by atoms with Crippen LogP contribution < -0.4 is 0 Å². The molecule has 0 aromatic rings. The minimum absolute atomic E-state index is 0.346. The largest absolute Gasteiger partial charge is 0.390 e. The number of carbonyl (C=O) groups excluding carboxylic acids is 2. The maximum atomic E-state index is 12.2. The average Bonchev–Trinajstić information content (AvgIpc) is 2.98. The molecule has 0 aromatic heterocycles. The number of hydrogen-bond acceptors (Lipinski definition) is 3. The van der Waals surface area contributed by atoms with Crippen molar-refractivity contribution in [2.45, 2.75) is 215 Å². The molecule has 0 amide bonds. The van der Waals surface area contributed by atoms with Crippen molar-refractivity contribution in [3.8, 4) is 0 Å². The number of rotatable bonds is 32. The quantitative estimate of drug-likeness (QED) is 0.0244. The molecule has 264 valence electrons. The van der Waals surface area contributed by atoms with Crippen molar-refractivity contribution in [1.29, 1.82) is 0 Å². The second-order valence-electron chi connectivity index (χ2n) is 14.9. The van der Waals surface area contributed by atoms with E-state index < -0.39 is 5.97 Å². The van der Waals surface area contributed by atoms with Crippen LogP contribution in [0.1, 0.15) is 215 Å². The van der Waals surface area contributed by atoms with Crippen molar-refractivity contribution in [3.63, 3.8) is 0 Å². The molecule has 3 heteroatoms. The number of unbranched alkanes of at least 4 members (excludes halogenated alkanes) is 15. The maximum absolute atomic E-state index is 12.2. The Morgan fingerprint density at radius 2 is 0.978 bits per heavy atom. The Hall–Kier alpha value is -1.38. The summed E-state index contributed by atoms with van der Waals surface area (Å²) in [5.74, 6) is 1.52. The first-order valence-corrected chi connectivity index (χ1v) is 19.8. The number of hydrogen-bond donors (Lipinski definition) is 0. The highest BCUT2D eigenvalue weighted by atomic mass is 16.6. The fourth-order valence-electron chi connectivity index (χ4n) is 6.22. The van der Waals surface area contributed by atoms with Gasteiger partial charge in [0.2, 0.25) is 0 Å². The van der Waals surface area contributed by atoms with Crippen molar-refractivity contribution < 1.29 is 14.3 Å². The average molecular weight is 631 g/mol. The van der Waals surface area contributed by atoms with Gasteiger partial charge in [-0.3, -0.25) is 4.79 Å². The fraction of sp³-hybridized carbons (Fsp3) is 0.857. The van der Waals surface area contributed by atoms with Crippen LogP contribution in [-0.2, 0) is 14.3 Å². The zero-order chi connectivity index (χ0) is 33.4. The molecule has 0 unspecified atom stereocenters. The van der Waals surface area contributed by atoms with E-state index in [4.69, 9.17) is 4.74 Å². The zero-order valence-electron chi connectivity index (χ0n) is 31.3. The summed E-state index contributed by atoms with van der Waals surface area (Å²) in [4.78, 5) is 24.2. The van der Waals surface area contributed by atoms with Gasteiger partial charge in [-0.15, -0.1) is 0 Å². The van der Waals surface area contributed by atoms with Crippen LogP contribution in [0.3, 0.4) is 0 Å². The molecule has 0 heterocycles. The van der Waals surface area contributed by atoms with Gasteiger partial charge in [-0.2, -0.15) is 0 Å². The van der Waals surface area contributed by atoms with Crippen molar-refractivity contribution in [2.24, 2.45) is 17.8 Å². The van der Waals surface area contributed by atoms with E-state index in [1.54, 1.807) is 0 Å². The van der Waals surface area contributed by atoms with Gasteiger partial charge in [0.25, 0.3) is 0 Å². The molecule has 0 aliphatic carbocycles. The third-order valence-corrected chi connectivity index (χ3v) is 9.36. The lowest BCUT2D eigenvalue weighted by molar-refractivity contribution is -0.156. The summed E-state index contributed by atoms with van der Waals surface area (Å²) in [5, 5.41) is 0. The standard InChI is InChI=1S/C42H78O3/c1-7-8-9-10-11-12-13-14-15-16-17-18-19-20-21-22-23-24-25-35-41(43)45-42(44)36-40(6)34-28-33-39(5)32-27-31-38(4)30-26-29-37(2)3/h14-15,36-39H,7-13,16-35H2,1-6H3/b15-14-,40-36+/t38-,39-/m1/s1. The van der Waals surface area contributed by atoms with Gasteiger partial charge in [0, 0.05) is 12.5 Å². The minimum Gasteiger partial charge on any atom is -0.390 e. The number of ether oxygens (including phenoxy) is 1. The maximum Gasteiger partial charge on any atom is 0.338 e. The molecule has 0 saturated heterocycles. The van der Waals surface area contributed by atoms with E-state index in [0.717, 1.165) is 55.4 Å². The van der Waals surface area contributed by atoms with Gasteiger partial charge in [-0.05, 0) is 69.6 Å². The molecule has 0 rings (SSSR count). The molecule has 45 heavy (non-hydrogen) atoms. The second-order valence-corrected chi connectivity index (χ2v) is 14.9. The van der Waals surface area contributed by atoms with Crippen LogP contribution in [0.15, 0.2) is 23.8 Å². The molecular formula is C42H78O3. The van der Waals surface area contributed by atoms with Crippen molar-refractivity contribution in [3.05, 3.63) is 23.8 Å². The third kappa shape index (κ3) is 33.8. The lowest BCUT2D eigenvalue weighted by Gasteiger charge is -2.15. The van der Waals surface area contributed by atoms with E-state index >= 15 is 0 Å².